The van der Waals surface area contributed by atoms with Crippen LogP contribution in [-0.2, 0) is 0 Å². The van der Waals surface area contributed by atoms with Crippen LogP contribution >= 0.6 is 0 Å². The first kappa shape index (κ1) is 5.62. The van der Waals surface area contributed by atoms with Crippen LogP contribution < -0.4 is 0 Å². The fourth-order valence-electron chi connectivity index (χ4n) is 2.98. The monoisotopic (exact) mass is 136 g/mol. The third-order valence-electron chi connectivity index (χ3n) is 4.22. The Labute approximate surface area is 63.0 Å². The maximum atomic E-state index is 2.42. The van der Waals surface area contributed by atoms with Crippen LogP contribution in [0.2, 0.25) is 0 Å². The maximum Gasteiger partial charge on any atom is -0.0320 e. The Bertz CT molecular complexity index is 163. The molecular weight excluding hydrogens is 120 g/mol. The SMILES string of the molecule is CC1CC1CC1C2C(C)C12. The predicted molar refractivity (Wildman–Crippen MR) is 41.5 cm³/mol. The van der Waals surface area contributed by atoms with E-state index in [1.807, 2.05) is 0 Å². The van der Waals surface area contributed by atoms with Crippen molar-refractivity contribution in [3.8, 4) is 0 Å². The van der Waals surface area contributed by atoms with Crippen molar-refractivity contribution in [3.63, 3.8) is 0 Å². The lowest BCUT2D eigenvalue weighted by molar-refractivity contribution is 0.441. The summed E-state index contributed by atoms with van der Waals surface area (Å²) in [7, 11) is 0. The van der Waals surface area contributed by atoms with E-state index in [4.69, 9.17) is 0 Å². The van der Waals surface area contributed by atoms with Crippen molar-refractivity contribution in [2.75, 3.05) is 0 Å². The highest BCUT2D eigenvalue weighted by atomic mass is 14.7. The van der Waals surface area contributed by atoms with Crippen LogP contribution in [-0.4, -0.2) is 0 Å². The molecule has 0 heterocycles. The van der Waals surface area contributed by atoms with Gasteiger partial charge in [-0.2, -0.15) is 0 Å². The smallest absolute Gasteiger partial charge is 0.0320 e. The minimum absolute atomic E-state index is 1.09. The summed E-state index contributed by atoms with van der Waals surface area (Å²) >= 11 is 0. The molecule has 10 heavy (non-hydrogen) atoms. The van der Waals surface area contributed by atoms with Gasteiger partial charge in [-0.1, -0.05) is 13.8 Å². The predicted octanol–water partition coefficient (Wildman–Crippen LogP) is 2.54. The fraction of sp³-hybridized carbons (Fsp3) is 1.00. The average Bonchev–Trinajstić information content (AvgIpc) is 2.73. The molecule has 4 unspecified atom stereocenters. The van der Waals surface area contributed by atoms with Gasteiger partial charge in [0.25, 0.3) is 0 Å². The van der Waals surface area contributed by atoms with E-state index in [2.05, 4.69) is 13.8 Å². The average molecular weight is 136 g/mol. The Kier molecular flexibility index (Phi) is 0.810. The third-order valence-corrected chi connectivity index (χ3v) is 4.22. The van der Waals surface area contributed by atoms with Gasteiger partial charge in [0.2, 0.25) is 0 Å². The van der Waals surface area contributed by atoms with Crippen molar-refractivity contribution in [3.05, 3.63) is 0 Å². The van der Waals surface area contributed by atoms with Crippen molar-refractivity contribution in [1.82, 2.24) is 0 Å². The van der Waals surface area contributed by atoms with Gasteiger partial charge in [-0.25, -0.2) is 0 Å². The van der Waals surface area contributed by atoms with Gasteiger partial charge in [0.1, 0.15) is 0 Å². The van der Waals surface area contributed by atoms with Gasteiger partial charge in [0.05, 0.1) is 0 Å². The van der Waals surface area contributed by atoms with Gasteiger partial charge >= 0.3 is 0 Å². The van der Waals surface area contributed by atoms with Crippen LogP contribution in [0.1, 0.15) is 26.7 Å². The summed E-state index contributed by atoms with van der Waals surface area (Å²) in [6, 6.07) is 0. The van der Waals surface area contributed by atoms with Crippen LogP contribution in [0.4, 0.5) is 0 Å². The Balaban J connectivity index is 1.48. The zero-order chi connectivity index (χ0) is 6.88. The molecule has 0 aromatic heterocycles. The Morgan fingerprint density at radius 3 is 2.20 bits per heavy atom. The Morgan fingerprint density at radius 2 is 1.80 bits per heavy atom. The van der Waals surface area contributed by atoms with Gasteiger partial charge in [0.15, 0.2) is 0 Å². The first-order valence-electron chi connectivity index (χ1n) is 4.79. The van der Waals surface area contributed by atoms with Gasteiger partial charge in [-0.15, -0.1) is 0 Å². The van der Waals surface area contributed by atoms with Gasteiger partial charge in [-0.05, 0) is 48.3 Å². The largest absolute Gasteiger partial charge is 0.0622 e. The molecular formula is C10H16. The standard InChI is InChI=1S/C10H16/c1-5-3-7(5)4-8-9-6(2)10(8)9/h5-10H,3-4H2,1-2H3. The molecule has 0 nitrogen and oxygen atoms in total. The van der Waals surface area contributed by atoms with E-state index in [1.54, 1.807) is 12.8 Å². The zero-order valence-corrected chi connectivity index (χ0v) is 6.88. The lowest BCUT2D eigenvalue weighted by Gasteiger charge is -2.05. The number of rotatable bonds is 2. The van der Waals surface area contributed by atoms with Crippen molar-refractivity contribution >= 4 is 0 Å². The highest BCUT2D eigenvalue weighted by Crippen LogP contribution is 2.75. The van der Waals surface area contributed by atoms with Crippen LogP contribution in [0.3, 0.4) is 0 Å². The maximum absolute atomic E-state index is 2.42. The number of fused-ring (bicyclic) bond motifs is 1. The van der Waals surface area contributed by atoms with Crippen LogP contribution in [0, 0.1) is 35.5 Å². The molecule has 0 saturated heterocycles. The van der Waals surface area contributed by atoms with Crippen molar-refractivity contribution < 1.29 is 0 Å². The fourth-order valence-corrected chi connectivity index (χ4v) is 2.98. The Hall–Kier alpha value is 0. The molecule has 0 amide bonds. The summed E-state index contributed by atoms with van der Waals surface area (Å²) < 4.78 is 0. The molecule has 0 radical (unpaired) electrons. The topological polar surface area (TPSA) is 0 Å². The molecule has 3 fully saturated rings. The first-order chi connectivity index (χ1) is 4.79. The highest BCUT2D eigenvalue weighted by Gasteiger charge is 2.70. The van der Waals surface area contributed by atoms with E-state index >= 15 is 0 Å². The molecule has 0 bridgehead atoms. The molecule has 0 aromatic rings. The number of hydrogen-bond acceptors (Lipinski definition) is 0. The normalized spacial score (nSPS) is 69.0. The quantitative estimate of drug-likeness (QED) is 0.547. The van der Waals surface area contributed by atoms with Crippen LogP contribution in [0.25, 0.3) is 0 Å². The lowest BCUT2D eigenvalue weighted by Crippen LogP contribution is -1.98. The molecule has 3 rings (SSSR count). The molecule has 4 atom stereocenters. The van der Waals surface area contributed by atoms with Crippen molar-refractivity contribution in [2.45, 2.75) is 26.7 Å². The lowest BCUT2D eigenvalue weighted by atomic mass is 10.0. The van der Waals surface area contributed by atoms with Gasteiger partial charge in [-0.3, -0.25) is 0 Å². The summed E-state index contributed by atoms with van der Waals surface area (Å²) in [5.41, 5.74) is 0. The van der Waals surface area contributed by atoms with E-state index in [0.29, 0.717) is 0 Å². The van der Waals surface area contributed by atoms with Crippen molar-refractivity contribution in [1.29, 1.82) is 0 Å². The molecule has 3 aliphatic carbocycles. The number of hydrogen-bond donors (Lipinski definition) is 0. The summed E-state index contributed by atoms with van der Waals surface area (Å²) in [4.78, 5) is 0. The van der Waals surface area contributed by atoms with E-state index < -0.39 is 0 Å². The van der Waals surface area contributed by atoms with Crippen LogP contribution in [0.15, 0.2) is 0 Å². The second-order valence-electron chi connectivity index (χ2n) is 4.89. The minimum atomic E-state index is 1.09. The van der Waals surface area contributed by atoms with Gasteiger partial charge < -0.3 is 0 Å². The molecule has 56 valence electrons. The van der Waals surface area contributed by atoms with E-state index in [9.17, 15) is 0 Å². The zero-order valence-electron chi connectivity index (χ0n) is 6.88. The second kappa shape index (κ2) is 1.44. The molecule has 0 aliphatic heterocycles. The first-order valence-corrected chi connectivity index (χ1v) is 4.79. The molecule has 0 aromatic carbocycles. The molecule has 0 spiro atoms. The Morgan fingerprint density at radius 1 is 1.20 bits per heavy atom. The van der Waals surface area contributed by atoms with E-state index in [-0.39, 0.29) is 0 Å². The second-order valence-corrected chi connectivity index (χ2v) is 4.89. The van der Waals surface area contributed by atoms with E-state index in [0.717, 1.165) is 17.8 Å². The highest BCUT2D eigenvalue weighted by molar-refractivity contribution is 5.18. The minimum Gasteiger partial charge on any atom is -0.0622 e. The third kappa shape index (κ3) is 0.580. The molecule has 3 saturated carbocycles. The molecule has 0 N–H and O–H groups in total. The van der Waals surface area contributed by atoms with Gasteiger partial charge in [0, 0.05) is 0 Å². The van der Waals surface area contributed by atoms with Crippen molar-refractivity contribution in [2.24, 2.45) is 35.5 Å². The summed E-state index contributed by atoms with van der Waals surface area (Å²) in [6.45, 7) is 4.82. The van der Waals surface area contributed by atoms with Crippen LogP contribution in [0.5, 0.6) is 0 Å². The van der Waals surface area contributed by atoms with E-state index in [1.165, 1.54) is 17.8 Å². The summed E-state index contributed by atoms with van der Waals surface area (Å²) in [5, 5.41) is 0. The summed E-state index contributed by atoms with van der Waals surface area (Å²) in [5.74, 6) is 7.03. The molecule has 3 aliphatic rings. The molecule has 0 heteroatoms. The summed E-state index contributed by atoms with van der Waals surface area (Å²) in [6.07, 6.45) is 3.14.